The molecule has 0 unspecified atom stereocenters. The fourth-order valence-electron chi connectivity index (χ4n) is 3.77. The number of ether oxygens (including phenoxy) is 2. The second kappa shape index (κ2) is 11.0. The lowest BCUT2D eigenvalue weighted by Gasteiger charge is -2.27. The van der Waals surface area contributed by atoms with Crippen LogP contribution in [-0.4, -0.2) is 33.5 Å². The average Bonchev–Trinajstić information content (AvgIpc) is 3.30. The molecular formula is C25H17ClN4O7S2. The maximum Gasteiger partial charge on any atom is 0.290 e. The van der Waals surface area contributed by atoms with E-state index in [9.17, 15) is 25.0 Å². The summed E-state index contributed by atoms with van der Waals surface area (Å²) < 4.78 is 12.8. The Hall–Kier alpha value is -4.04. The fraction of sp³-hybridized carbons (Fsp3) is 0.120. The number of ketones is 1. The first-order chi connectivity index (χ1) is 18.7. The number of fused-ring (bicyclic) bond motifs is 2. The molecule has 5 rings (SSSR count). The topological polar surface area (TPSA) is 147 Å². The molecule has 0 spiro atoms. The van der Waals surface area contributed by atoms with Crippen molar-refractivity contribution in [1.82, 2.24) is 4.98 Å². The van der Waals surface area contributed by atoms with Crippen molar-refractivity contribution in [2.24, 2.45) is 0 Å². The maximum absolute atomic E-state index is 13.2. The Labute approximate surface area is 233 Å². The second-order valence-electron chi connectivity index (χ2n) is 8.05. The van der Waals surface area contributed by atoms with Gasteiger partial charge in [-0.15, -0.1) is 11.3 Å². The van der Waals surface area contributed by atoms with E-state index in [0.29, 0.717) is 38.5 Å². The fourth-order valence-corrected chi connectivity index (χ4v) is 6.09. The first-order valence-corrected chi connectivity index (χ1v) is 13.3. The van der Waals surface area contributed by atoms with Crippen molar-refractivity contribution in [3.63, 3.8) is 0 Å². The van der Waals surface area contributed by atoms with Crippen LogP contribution in [0.5, 0.6) is 5.75 Å². The predicted molar refractivity (Wildman–Crippen MR) is 147 cm³/mol. The van der Waals surface area contributed by atoms with E-state index in [4.69, 9.17) is 21.1 Å². The molecule has 2 heterocycles. The molecule has 1 aliphatic rings. The van der Waals surface area contributed by atoms with Crippen LogP contribution in [0.25, 0.3) is 10.2 Å². The molecule has 1 atom stereocenters. The predicted octanol–water partition coefficient (Wildman–Crippen LogP) is 6.85. The lowest BCUT2D eigenvalue weighted by molar-refractivity contribution is -0.396. The number of carbonyl (C=O) groups excluding carboxylic acids is 1. The molecule has 0 bridgehead atoms. The van der Waals surface area contributed by atoms with Gasteiger partial charge in [0, 0.05) is 29.6 Å². The Morgan fingerprint density at radius 3 is 2.72 bits per heavy atom. The molecule has 0 radical (unpaired) electrons. The average molecular weight is 585 g/mol. The first-order valence-electron chi connectivity index (χ1n) is 11.3. The van der Waals surface area contributed by atoms with E-state index in [0.717, 1.165) is 22.5 Å². The number of thiazole rings is 1. The van der Waals surface area contributed by atoms with Crippen molar-refractivity contribution in [1.29, 1.82) is 0 Å². The van der Waals surface area contributed by atoms with E-state index in [1.54, 1.807) is 37.3 Å². The van der Waals surface area contributed by atoms with Gasteiger partial charge < -0.3 is 14.8 Å². The summed E-state index contributed by atoms with van der Waals surface area (Å²) in [5.41, 5.74) is 1.22. The quantitative estimate of drug-likeness (QED) is 0.132. The number of aromatic nitrogens is 1. The zero-order chi connectivity index (χ0) is 27.7. The molecule has 0 saturated carbocycles. The highest BCUT2D eigenvalue weighted by atomic mass is 35.5. The van der Waals surface area contributed by atoms with Gasteiger partial charge in [0.2, 0.25) is 12.1 Å². The summed E-state index contributed by atoms with van der Waals surface area (Å²) in [5, 5.41) is 26.0. The van der Waals surface area contributed by atoms with Gasteiger partial charge in [0.1, 0.15) is 5.75 Å². The minimum Gasteiger partial charge on any atom is -0.460 e. The molecule has 0 fully saturated rings. The summed E-state index contributed by atoms with van der Waals surface area (Å²) in [5.74, 6) is 0.122. The molecule has 14 heteroatoms. The molecule has 1 aromatic heterocycles. The van der Waals surface area contributed by atoms with Crippen LogP contribution >= 0.6 is 34.7 Å². The number of nitrogens with zero attached hydrogens (tertiary/aromatic N) is 3. The first kappa shape index (κ1) is 26.6. The molecule has 4 aromatic rings. The van der Waals surface area contributed by atoms with Crippen LogP contribution in [0, 0.1) is 20.2 Å². The number of nitro benzene ring substituents is 2. The standard InChI is InChI=1S/C25H17ClN4O7S2/c1-2-36-24-17(23(31)16-9-13(26)3-7-20(16)37-24)12-27-14-4-6-18-22(10-14)39-25(28-18)38-21-8-5-15(29(32)33)11-19(21)30(34)35/h3-12,24,27H,2H2,1H3/b17-12-/t24-/m1/s1. The molecule has 0 amide bonds. The van der Waals surface area contributed by atoms with Crippen LogP contribution in [0.3, 0.4) is 0 Å². The Kier molecular flexibility index (Phi) is 7.48. The summed E-state index contributed by atoms with van der Waals surface area (Å²) in [6, 6.07) is 13.7. The summed E-state index contributed by atoms with van der Waals surface area (Å²) in [6.45, 7) is 2.13. The summed E-state index contributed by atoms with van der Waals surface area (Å²) >= 11 is 8.43. The Balaban J connectivity index is 1.39. The second-order valence-corrected chi connectivity index (χ2v) is 10.8. The summed E-state index contributed by atoms with van der Waals surface area (Å²) in [6.07, 6.45) is 0.640. The van der Waals surface area contributed by atoms with Gasteiger partial charge in [-0.05, 0) is 49.4 Å². The number of hydrogen-bond acceptors (Lipinski definition) is 11. The minimum absolute atomic E-state index is 0.242. The highest BCUT2D eigenvalue weighted by Gasteiger charge is 2.32. The van der Waals surface area contributed by atoms with Crippen LogP contribution in [0.1, 0.15) is 17.3 Å². The number of benzene rings is 3. The van der Waals surface area contributed by atoms with Crippen LogP contribution in [-0.2, 0) is 4.74 Å². The molecule has 3 aromatic carbocycles. The number of carbonyl (C=O) groups is 1. The molecule has 0 aliphatic carbocycles. The Morgan fingerprint density at radius 1 is 1.15 bits per heavy atom. The molecule has 1 N–H and O–H groups in total. The van der Waals surface area contributed by atoms with Gasteiger partial charge in [0.05, 0.1) is 42.2 Å². The lowest BCUT2D eigenvalue weighted by atomic mass is 10.00. The van der Waals surface area contributed by atoms with Crippen LogP contribution in [0.2, 0.25) is 5.02 Å². The maximum atomic E-state index is 13.2. The van der Waals surface area contributed by atoms with Crippen LogP contribution < -0.4 is 10.1 Å². The minimum atomic E-state index is -0.892. The Bertz CT molecular complexity index is 1670. The third kappa shape index (κ3) is 5.56. The zero-order valence-corrected chi connectivity index (χ0v) is 22.3. The number of hydrogen-bond donors (Lipinski definition) is 1. The van der Waals surface area contributed by atoms with E-state index >= 15 is 0 Å². The molecule has 0 saturated heterocycles. The lowest BCUT2D eigenvalue weighted by Crippen LogP contribution is -2.33. The molecule has 11 nitrogen and oxygen atoms in total. The van der Waals surface area contributed by atoms with Gasteiger partial charge >= 0.3 is 0 Å². The van der Waals surface area contributed by atoms with E-state index in [1.807, 2.05) is 6.07 Å². The number of anilines is 1. The number of halogens is 1. The SMILES string of the molecule is CCO[C@@H]1Oc2ccc(Cl)cc2C(=O)/C1=C/Nc1ccc2nc(Sc3ccc([N+](=O)[O-])cc3[N+](=O)[O-])sc2c1. The smallest absolute Gasteiger partial charge is 0.290 e. The van der Waals surface area contributed by atoms with Crippen molar-refractivity contribution in [3.05, 3.63) is 97.2 Å². The van der Waals surface area contributed by atoms with Crippen LogP contribution in [0.4, 0.5) is 17.1 Å². The highest BCUT2D eigenvalue weighted by Crippen LogP contribution is 2.40. The molecule has 1 aliphatic heterocycles. The van der Waals surface area contributed by atoms with Crippen molar-refractivity contribution in [2.45, 2.75) is 22.4 Å². The molecule has 39 heavy (non-hydrogen) atoms. The van der Waals surface area contributed by atoms with Crippen LogP contribution in [0.15, 0.2) is 75.6 Å². The van der Waals surface area contributed by atoms with Gasteiger partial charge in [0.15, 0.2) is 4.34 Å². The van der Waals surface area contributed by atoms with E-state index in [1.165, 1.54) is 29.7 Å². The van der Waals surface area contributed by atoms with Gasteiger partial charge in [-0.2, -0.15) is 0 Å². The number of Topliss-reactive ketones (excluding diaryl/α,β-unsaturated/α-hetero) is 1. The van der Waals surface area contributed by atoms with E-state index in [-0.39, 0.29) is 27.6 Å². The van der Waals surface area contributed by atoms with Crippen molar-refractivity contribution >= 4 is 67.8 Å². The van der Waals surface area contributed by atoms with E-state index in [2.05, 4.69) is 10.3 Å². The van der Waals surface area contributed by atoms with Gasteiger partial charge in [-0.1, -0.05) is 23.4 Å². The molecule has 198 valence electrons. The van der Waals surface area contributed by atoms with Crippen molar-refractivity contribution in [3.8, 4) is 5.75 Å². The molecular weight excluding hydrogens is 568 g/mol. The van der Waals surface area contributed by atoms with Crippen molar-refractivity contribution in [2.75, 3.05) is 11.9 Å². The number of rotatable bonds is 8. The van der Waals surface area contributed by atoms with Gasteiger partial charge in [-0.25, -0.2) is 4.98 Å². The number of nitrogens with one attached hydrogen (secondary N) is 1. The van der Waals surface area contributed by atoms with Gasteiger partial charge in [-0.3, -0.25) is 25.0 Å². The largest absolute Gasteiger partial charge is 0.460 e. The third-order valence-electron chi connectivity index (χ3n) is 5.56. The summed E-state index contributed by atoms with van der Waals surface area (Å²) in [4.78, 5) is 39.1. The monoisotopic (exact) mass is 584 g/mol. The Morgan fingerprint density at radius 2 is 1.97 bits per heavy atom. The number of non-ortho nitro benzene ring substituents is 1. The van der Waals surface area contributed by atoms with E-state index < -0.39 is 16.1 Å². The normalized spacial score (nSPS) is 15.7. The highest BCUT2D eigenvalue weighted by molar-refractivity contribution is 8.01. The number of nitro groups is 2. The van der Waals surface area contributed by atoms with Gasteiger partial charge in [0.25, 0.3) is 11.4 Å². The zero-order valence-electron chi connectivity index (χ0n) is 20.0. The van der Waals surface area contributed by atoms with Crippen molar-refractivity contribution < 1.29 is 24.1 Å². The summed E-state index contributed by atoms with van der Waals surface area (Å²) in [7, 11) is 0. The third-order valence-corrected chi connectivity index (χ3v) is 7.94.